The predicted octanol–water partition coefficient (Wildman–Crippen LogP) is 4.19. The molecule has 1 amide bonds. The van der Waals surface area contributed by atoms with Gasteiger partial charge in [0.25, 0.3) is 5.91 Å². The van der Waals surface area contributed by atoms with Gasteiger partial charge in [0, 0.05) is 42.4 Å². The molecule has 2 N–H and O–H groups in total. The number of nitrogens with one attached hydrogen (secondary N) is 2. The number of anilines is 4. The lowest BCUT2D eigenvalue weighted by molar-refractivity contribution is 0.102. The molecule has 3 aromatic rings. The van der Waals surface area contributed by atoms with E-state index in [0.717, 1.165) is 11.4 Å². The fraction of sp³-hybridized carbons (Fsp3) is 0.105. The van der Waals surface area contributed by atoms with Gasteiger partial charge in [0.15, 0.2) is 0 Å². The molecule has 0 fully saturated rings. The zero-order valence-electron chi connectivity index (χ0n) is 14.4. The fourth-order valence-corrected chi connectivity index (χ4v) is 2.37. The summed E-state index contributed by atoms with van der Waals surface area (Å²) in [7, 11) is 3.92. The third kappa shape index (κ3) is 4.49. The molecule has 0 saturated heterocycles. The Hall–Kier alpha value is -3.12. The van der Waals surface area contributed by atoms with E-state index < -0.39 is 0 Å². The average molecular weight is 368 g/mol. The van der Waals surface area contributed by atoms with Gasteiger partial charge in [-0.25, -0.2) is 9.97 Å². The van der Waals surface area contributed by atoms with Crippen molar-refractivity contribution in [2.75, 3.05) is 29.6 Å². The maximum Gasteiger partial charge on any atom is 0.274 e. The first kappa shape index (κ1) is 17.7. The Morgan fingerprint density at radius 3 is 2.27 bits per heavy atom. The largest absolute Gasteiger partial charge is 0.378 e. The molecule has 0 aliphatic heterocycles. The summed E-state index contributed by atoms with van der Waals surface area (Å²) >= 11 is 5.87. The molecule has 2 aromatic carbocycles. The van der Waals surface area contributed by atoms with E-state index in [2.05, 4.69) is 20.6 Å². The molecule has 0 spiro atoms. The van der Waals surface area contributed by atoms with Crippen LogP contribution in [0.4, 0.5) is 23.0 Å². The molecule has 1 heterocycles. The maximum absolute atomic E-state index is 12.4. The highest BCUT2D eigenvalue weighted by Gasteiger charge is 2.10. The summed E-state index contributed by atoms with van der Waals surface area (Å²) in [5, 5.41) is 6.52. The third-order valence-electron chi connectivity index (χ3n) is 3.63. The van der Waals surface area contributed by atoms with Gasteiger partial charge < -0.3 is 15.5 Å². The van der Waals surface area contributed by atoms with Crippen LogP contribution in [0.5, 0.6) is 0 Å². The van der Waals surface area contributed by atoms with Gasteiger partial charge in [-0.1, -0.05) is 11.6 Å². The normalized spacial score (nSPS) is 10.3. The van der Waals surface area contributed by atoms with Gasteiger partial charge in [-0.05, 0) is 54.6 Å². The van der Waals surface area contributed by atoms with Gasteiger partial charge >= 0.3 is 0 Å². The highest BCUT2D eigenvalue weighted by Crippen LogP contribution is 2.18. The molecular formula is C19H18ClN5O. The zero-order chi connectivity index (χ0) is 18.5. The van der Waals surface area contributed by atoms with Crippen LogP contribution in [0.3, 0.4) is 0 Å². The van der Waals surface area contributed by atoms with E-state index in [-0.39, 0.29) is 11.6 Å². The number of aromatic nitrogens is 2. The van der Waals surface area contributed by atoms with Gasteiger partial charge in [0.05, 0.1) is 0 Å². The van der Waals surface area contributed by atoms with Crippen LogP contribution in [0, 0.1) is 0 Å². The monoisotopic (exact) mass is 367 g/mol. The van der Waals surface area contributed by atoms with Crippen molar-refractivity contribution >= 4 is 40.5 Å². The lowest BCUT2D eigenvalue weighted by Crippen LogP contribution is -2.15. The van der Waals surface area contributed by atoms with E-state index in [0.29, 0.717) is 16.7 Å². The number of carbonyl (C=O) groups excluding carboxylic acids is 1. The number of carbonyl (C=O) groups is 1. The van der Waals surface area contributed by atoms with Crippen LogP contribution < -0.4 is 15.5 Å². The van der Waals surface area contributed by atoms with E-state index in [1.54, 1.807) is 18.2 Å². The standard InChI is InChI=1S/C19H18ClN5O/c1-25(2)16-9-7-14(8-10-16)22-18(26)17-11-12-21-19(24-17)23-15-5-3-13(20)4-6-15/h3-12H,1-2H3,(H,22,26)(H,21,23,24). The van der Waals surface area contributed by atoms with Gasteiger partial charge in [-0.2, -0.15) is 0 Å². The molecule has 6 nitrogen and oxygen atoms in total. The molecule has 0 bridgehead atoms. The van der Waals surface area contributed by atoms with Crippen molar-refractivity contribution in [3.8, 4) is 0 Å². The van der Waals surface area contributed by atoms with Crippen molar-refractivity contribution in [3.63, 3.8) is 0 Å². The van der Waals surface area contributed by atoms with E-state index in [4.69, 9.17) is 11.6 Å². The van der Waals surface area contributed by atoms with E-state index in [1.807, 2.05) is 55.4 Å². The van der Waals surface area contributed by atoms with Crippen LogP contribution in [-0.4, -0.2) is 30.0 Å². The van der Waals surface area contributed by atoms with Crippen LogP contribution in [0.1, 0.15) is 10.5 Å². The van der Waals surface area contributed by atoms with Gasteiger partial charge in [0.1, 0.15) is 5.69 Å². The molecule has 7 heteroatoms. The van der Waals surface area contributed by atoms with Crippen molar-refractivity contribution in [2.45, 2.75) is 0 Å². The molecule has 0 aliphatic carbocycles. The van der Waals surface area contributed by atoms with Crippen LogP contribution in [-0.2, 0) is 0 Å². The molecule has 0 saturated carbocycles. The second-order valence-corrected chi connectivity index (χ2v) is 6.23. The minimum atomic E-state index is -0.302. The molecule has 26 heavy (non-hydrogen) atoms. The number of benzene rings is 2. The van der Waals surface area contributed by atoms with Crippen molar-refractivity contribution in [2.24, 2.45) is 0 Å². The lowest BCUT2D eigenvalue weighted by Gasteiger charge is -2.13. The van der Waals surface area contributed by atoms with Crippen molar-refractivity contribution in [1.82, 2.24) is 9.97 Å². The summed E-state index contributed by atoms with van der Waals surface area (Å²) < 4.78 is 0. The Morgan fingerprint density at radius 1 is 0.962 bits per heavy atom. The van der Waals surface area contributed by atoms with E-state index >= 15 is 0 Å². The highest BCUT2D eigenvalue weighted by molar-refractivity contribution is 6.30. The molecule has 0 radical (unpaired) electrons. The number of halogens is 1. The first-order chi connectivity index (χ1) is 12.5. The zero-order valence-corrected chi connectivity index (χ0v) is 15.2. The Kier molecular flexibility index (Phi) is 5.34. The Labute approximate surface area is 156 Å². The van der Waals surface area contributed by atoms with Crippen LogP contribution >= 0.6 is 11.6 Å². The van der Waals surface area contributed by atoms with E-state index in [9.17, 15) is 4.79 Å². The van der Waals surface area contributed by atoms with E-state index in [1.165, 1.54) is 6.20 Å². The predicted molar refractivity (Wildman–Crippen MR) is 105 cm³/mol. The minimum absolute atomic E-state index is 0.271. The Morgan fingerprint density at radius 2 is 1.62 bits per heavy atom. The second kappa shape index (κ2) is 7.84. The summed E-state index contributed by atoms with van der Waals surface area (Å²) in [5.41, 5.74) is 2.81. The molecule has 3 rings (SSSR count). The van der Waals surface area contributed by atoms with Crippen LogP contribution in [0.15, 0.2) is 60.8 Å². The SMILES string of the molecule is CN(C)c1ccc(NC(=O)c2ccnc(Nc3ccc(Cl)cc3)n2)cc1. The molecular weight excluding hydrogens is 350 g/mol. The van der Waals surface area contributed by atoms with Crippen LogP contribution in [0.25, 0.3) is 0 Å². The molecule has 1 aromatic heterocycles. The summed E-state index contributed by atoms with van der Waals surface area (Å²) in [6.07, 6.45) is 1.54. The number of rotatable bonds is 5. The van der Waals surface area contributed by atoms with Crippen molar-refractivity contribution in [1.29, 1.82) is 0 Å². The van der Waals surface area contributed by atoms with Crippen molar-refractivity contribution in [3.05, 3.63) is 71.5 Å². The quantitative estimate of drug-likeness (QED) is 0.707. The number of nitrogens with zero attached hydrogens (tertiary/aromatic N) is 3. The van der Waals surface area contributed by atoms with Crippen LogP contribution in [0.2, 0.25) is 5.02 Å². The summed E-state index contributed by atoms with van der Waals surface area (Å²) in [4.78, 5) is 22.8. The average Bonchev–Trinajstić information content (AvgIpc) is 2.64. The third-order valence-corrected chi connectivity index (χ3v) is 3.88. The fourth-order valence-electron chi connectivity index (χ4n) is 2.25. The Balaban J connectivity index is 1.70. The maximum atomic E-state index is 12.4. The van der Waals surface area contributed by atoms with Gasteiger partial charge in [0.2, 0.25) is 5.95 Å². The number of hydrogen-bond donors (Lipinski definition) is 2. The molecule has 132 valence electrons. The second-order valence-electron chi connectivity index (χ2n) is 5.79. The first-order valence-corrected chi connectivity index (χ1v) is 8.33. The Bertz CT molecular complexity index is 895. The smallest absolute Gasteiger partial charge is 0.274 e. The first-order valence-electron chi connectivity index (χ1n) is 7.95. The van der Waals surface area contributed by atoms with Gasteiger partial charge in [-0.15, -0.1) is 0 Å². The number of hydrogen-bond acceptors (Lipinski definition) is 5. The minimum Gasteiger partial charge on any atom is -0.378 e. The van der Waals surface area contributed by atoms with Gasteiger partial charge in [-0.3, -0.25) is 4.79 Å². The summed E-state index contributed by atoms with van der Waals surface area (Å²) in [6.45, 7) is 0. The van der Waals surface area contributed by atoms with Crippen molar-refractivity contribution < 1.29 is 4.79 Å². The highest BCUT2D eigenvalue weighted by atomic mass is 35.5. The molecule has 0 atom stereocenters. The lowest BCUT2D eigenvalue weighted by atomic mass is 10.2. The summed E-state index contributed by atoms with van der Waals surface area (Å²) in [6, 6.07) is 16.3. The topological polar surface area (TPSA) is 70.2 Å². The molecule has 0 unspecified atom stereocenters. The summed E-state index contributed by atoms with van der Waals surface area (Å²) in [5.74, 6) is 0.0343. The number of amides is 1. The molecule has 0 aliphatic rings.